The number of carbonyl (C=O) groups is 3. The minimum atomic E-state index is -0.392. The Kier molecular flexibility index (Phi) is 20.4. The van der Waals surface area contributed by atoms with Gasteiger partial charge in [-0.3, -0.25) is 14.4 Å². The zero-order valence-electron chi connectivity index (χ0n) is 26.0. The molecule has 2 rings (SSSR count). The maximum absolute atomic E-state index is 12.8. The predicted molar refractivity (Wildman–Crippen MR) is 165 cm³/mol. The molecular weight excluding hydrogens is 523 g/mol. The fraction of sp³-hybridized carbons (Fsp3) is 0.531. The Balaban J connectivity index is 0.00000124. The maximum Gasteiger partial charge on any atom is 0.240 e. The maximum atomic E-state index is 12.8. The van der Waals surface area contributed by atoms with E-state index in [-0.39, 0.29) is 42.7 Å². The molecule has 1 unspecified atom stereocenters. The van der Waals surface area contributed by atoms with Gasteiger partial charge in [-0.05, 0) is 63.8 Å². The highest BCUT2D eigenvalue weighted by Crippen LogP contribution is 2.21. The van der Waals surface area contributed by atoms with Crippen molar-refractivity contribution in [3.63, 3.8) is 0 Å². The van der Waals surface area contributed by atoms with E-state index in [2.05, 4.69) is 22.5 Å². The van der Waals surface area contributed by atoms with Crippen LogP contribution >= 0.6 is 0 Å². The van der Waals surface area contributed by atoms with Crippen molar-refractivity contribution in [2.75, 3.05) is 33.2 Å². The number of carbonyl (C=O) groups excluding carboxylic acids is 3. The van der Waals surface area contributed by atoms with Gasteiger partial charge in [0.2, 0.25) is 17.7 Å². The molecule has 2 atom stereocenters. The number of amides is 3. The summed E-state index contributed by atoms with van der Waals surface area (Å²) in [5.74, 6) is -0.228. The number of halogens is 1. The van der Waals surface area contributed by atoms with Crippen LogP contribution < -0.4 is 20.7 Å². The van der Waals surface area contributed by atoms with Crippen molar-refractivity contribution < 1.29 is 23.5 Å². The molecule has 0 radical (unpaired) electrons. The Labute approximate surface area is 246 Å². The van der Waals surface area contributed by atoms with Crippen molar-refractivity contribution >= 4 is 17.7 Å². The van der Waals surface area contributed by atoms with Crippen LogP contribution in [-0.4, -0.2) is 68.0 Å². The number of aryl methyl sites for hydroxylation is 1. The second kappa shape index (κ2) is 22.3. The summed E-state index contributed by atoms with van der Waals surface area (Å²) in [4.78, 5) is 38.3. The van der Waals surface area contributed by atoms with E-state index in [4.69, 9.17) is 4.74 Å². The average Bonchev–Trinajstić information content (AvgIpc) is 2.96. The van der Waals surface area contributed by atoms with Gasteiger partial charge in [-0.2, -0.15) is 0 Å². The van der Waals surface area contributed by atoms with E-state index >= 15 is 0 Å². The number of likely N-dealkylation sites (N-methyl/N-ethyl adjacent to an activating group) is 1. The van der Waals surface area contributed by atoms with Gasteiger partial charge in [0.05, 0.1) is 19.1 Å². The summed E-state index contributed by atoms with van der Waals surface area (Å²) >= 11 is 0. The molecule has 3 amide bonds. The normalized spacial score (nSPS) is 19.2. The number of allylic oxidation sites excluding steroid dienone is 5. The lowest BCUT2D eigenvalue weighted by Crippen LogP contribution is -2.50. The number of benzene rings is 1. The Morgan fingerprint density at radius 2 is 1.80 bits per heavy atom. The number of hydrogen-bond acceptors (Lipinski definition) is 5. The van der Waals surface area contributed by atoms with E-state index in [0.29, 0.717) is 19.5 Å². The molecule has 230 valence electrons. The SMILES string of the molecule is C=C/C(F)=C\C=C(C)C.CC.CCCC1NC[C@@H](C)Oc2ccccc2CCCNC(=O)CNC(=O)CN(C)C1=O. The standard InChI is InChI=1S/C22H34N4O4.C8H11F.C2H6/c1-4-8-18-22(29)26(3)15-21(28)25-14-20(27)23-12-7-10-17-9-5-6-11-19(17)30-16(2)13-24-18;1-4-8(9)6-5-7(2)3;1-2/h5-6,9,11,16,18,24H,4,7-8,10,12-15H2,1-3H3,(H,23,27)(H,25,28);4-6H,1H2,2-3H3;1-2H3/b;8-6+;/t16-,18?;;/m1../s1. The summed E-state index contributed by atoms with van der Waals surface area (Å²) in [6, 6.07) is 7.48. The van der Waals surface area contributed by atoms with Gasteiger partial charge >= 0.3 is 0 Å². The number of ether oxygens (including phenoxy) is 1. The minimum absolute atomic E-state index is 0.0898. The first-order chi connectivity index (χ1) is 19.6. The number of nitrogens with zero attached hydrogens (tertiary/aromatic N) is 1. The monoisotopic (exact) mass is 574 g/mol. The van der Waals surface area contributed by atoms with Crippen LogP contribution in [-0.2, 0) is 20.8 Å². The lowest BCUT2D eigenvalue weighted by atomic mass is 10.1. The van der Waals surface area contributed by atoms with Gasteiger partial charge in [0.15, 0.2) is 0 Å². The highest BCUT2D eigenvalue weighted by atomic mass is 19.1. The molecule has 1 aromatic carbocycles. The molecular formula is C32H51FN4O4. The van der Waals surface area contributed by atoms with Crippen LogP contribution in [0.15, 0.2) is 60.5 Å². The quantitative estimate of drug-likeness (QED) is 0.446. The Morgan fingerprint density at radius 1 is 1.12 bits per heavy atom. The van der Waals surface area contributed by atoms with E-state index in [1.165, 1.54) is 17.1 Å². The highest BCUT2D eigenvalue weighted by Gasteiger charge is 2.23. The Hall–Kier alpha value is -3.46. The molecule has 1 aromatic rings. The summed E-state index contributed by atoms with van der Waals surface area (Å²) in [6.45, 7) is 15.9. The molecule has 1 aliphatic rings. The molecule has 3 N–H and O–H groups in total. The van der Waals surface area contributed by atoms with E-state index in [1.807, 2.05) is 65.8 Å². The number of fused-ring (bicyclic) bond motifs is 1. The third kappa shape index (κ3) is 17.1. The van der Waals surface area contributed by atoms with Crippen LogP contribution in [0.4, 0.5) is 4.39 Å². The average molecular weight is 575 g/mol. The molecule has 0 aliphatic carbocycles. The fourth-order valence-electron chi connectivity index (χ4n) is 3.67. The zero-order valence-corrected chi connectivity index (χ0v) is 26.0. The third-order valence-electron chi connectivity index (χ3n) is 5.75. The van der Waals surface area contributed by atoms with Gasteiger partial charge in [0, 0.05) is 20.1 Å². The molecule has 0 fully saturated rings. The third-order valence-corrected chi connectivity index (χ3v) is 5.75. The number of rotatable bonds is 4. The largest absolute Gasteiger partial charge is 0.489 e. The topological polar surface area (TPSA) is 99.8 Å². The van der Waals surface area contributed by atoms with Crippen LogP contribution in [0.5, 0.6) is 5.75 Å². The zero-order chi connectivity index (χ0) is 31.2. The molecule has 0 saturated carbocycles. The summed E-state index contributed by atoms with van der Waals surface area (Å²) < 4.78 is 18.3. The van der Waals surface area contributed by atoms with Gasteiger partial charge in [-0.25, -0.2) is 4.39 Å². The molecule has 9 heteroatoms. The molecule has 41 heavy (non-hydrogen) atoms. The predicted octanol–water partition coefficient (Wildman–Crippen LogP) is 4.87. The van der Waals surface area contributed by atoms with Crippen molar-refractivity contribution in [2.24, 2.45) is 0 Å². The molecule has 0 saturated heterocycles. The van der Waals surface area contributed by atoms with E-state index < -0.39 is 6.04 Å². The van der Waals surface area contributed by atoms with Crippen LogP contribution in [0.1, 0.15) is 66.4 Å². The molecule has 1 heterocycles. The Bertz CT molecular complexity index is 1010. The lowest BCUT2D eigenvalue weighted by Gasteiger charge is -2.26. The smallest absolute Gasteiger partial charge is 0.240 e. The van der Waals surface area contributed by atoms with Crippen LogP contribution in [0, 0.1) is 0 Å². The first-order valence-corrected chi connectivity index (χ1v) is 14.5. The first-order valence-electron chi connectivity index (χ1n) is 14.5. The molecule has 8 nitrogen and oxygen atoms in total. The molecule has 0 aromatic heterocycles. The summed E-state index contributed by atoms with van der Waals surface area (Å²) in [5.41, 5.74) is 2.15. The van der Waals surface area contributed by atoms with Gasteiger partial charge in [0.25, 0.3) is 0 Å². The highest BCUT2D eigenvalue weighted by molar-refractivity contribution is 5.89. The van der Waals surface area contributed by atoms with Gasteiger partial charge in [0.1, 0.15) is 17.7 Å². The molecule has 1 aliphatic heterocycles. The van der Waals surface area contributed by atoms with E-state index in [1.54, 1.807) is 13.1 Å². The van der Waals surface area contributed by atoms with Crippen LogP contribution in [0.25, 0.3) is 0 Å². The van der Waals surface area contributed by atoms with Crippen molar-refractivity contribution in [3.05, 3.63) is 66.0 Å². The van der Waals surface area contributed by atoms with Crippen molar-refractivity contribution in [2.45, 2.75) is 79.4 Å². The van der Waals surface area contributed by atoms with E-state index in [0.717, 1.165) is 36.1 Å². The number of hydrogen-bond donors (Lipinski definition) is 3. The van der Waals surface area contributed by atoms with Crippen LogP contribution in [0.3, 0.4) is 0 Å². The van der Waals surface area contributed by atoms with Gasteiger partial charge in [-0.1, -0.05) is 63.6 Å². The van der Waals surface area contributed by atoms with Gasteiger partial charge in [-0.15, -0.1) is 0 Å². The second-order valence-electron chi connectivity index (χ2n) is 9.71. The van der Waals surface area contributed by atoms with Gasteiger partial charge < -0.3 is 25.6 Å². The first kappa shape index (κ1) is 37.5. The van der Waals surface area contributed by atoms with E-state index in [9.17, 15) is 18.8 Å². The van der Waals surface area contributed by atoms with Crippen molar-refractivity contribution in [1.29, 1.82) is 0 Å². The summed E-state index contributed by atoms with van der Waals surface area (Å²) in [7, 11) is 1.60. The Morgan fingerprint density at radius 3 is 2.44 bits per heavy atom. The van der Waals surface area contributed by atoms with Crippen LogP contribution in [0.2, 0.25) is 0 Å². The fourth-order valence-corrected chi connectivity index (χ4v) is 3.67. The minimum Gasteiger partial charge on any atom is -0.489 e. The van der Waals surface area contributed by atoms with Crippen molar-refractivity contribution in [1.82, 2.24) is 20.9 Å². The number of para-hydroxylation sites is 1. The van der Waals surface area contributed by atoms with Crippen molar-refractivity contribution in [3.8, 4) is 5.75 Å². The molecule has 0 bridgehead atoms. The second-order valence-corrected chi connectivity index (χ2v) is 9.71. The lowest BCUT2D eigenvalue weighted by molar-refractivity contribution is -0.136. The summed E-state index contributed by atoms with van der Waals surface area (Å²) in [5, 5.41) is 8.67. The molecule has 0 spiro atoms. The summed E-state index contributed by atoms with van der Waals surface area (Å²) in [6.07, 6.45) is 7.18. The number of nitrogens with one attached hydrogen (secondary N) is 3.